The van der Waals surface area contributed by atoms with Gasteiger partial charge in [-0.1, -0.05) is 111 Å². The average molecular weight is 340 g/mol. The van der Waals surface area contributed by atoms with Gasteiger partial charge < -0.3 is 4.90 Å². The first-order valence-electron chi connectivity index (χ1n) is 11.3. The van der Waals surface area contributed by atoms with Crippen LogP contribution in [0.4, 0.5) is 0 Å². The van der Waals surface area contributed by atoms with Crippen molar-refractivity contribution in [2.75, 3.05) is 20.1 Å². The maximum Gasteiger partial charge on any atom is -0.00218 e. The highest BCUT2D eigenvalue weighted by atomic mass is 15.1. The Kier molecular flexibility index (Phi) is 19.3. The molecule has 0 aliphatic rings. The molecule has 0 fully saturated rings. The Balaban J connectivity index is 3.03. The number of nitrogens with zero attached hydrogens (tertiary/aromatic N) is 1. The summed E-state index contributed by atoms with van der Waals surface area (Å²) >= 11 is 0. The highest BCUT2D eigenvalue weighted by Crippen LogP contribution is 2.14. The van der Waals surface area contributed by atoms with E-state index in [0.29, 0.717) is 0 Å². The summed E-state index contributed by atoms with van der Waals surface area (Å²) in [5.74, 6) is 0.896. The SMILES string of the molecule is CCCN(C)CCCCCCCCCCCCCCCCC(C)C. The van der Waals surface area contributed by atoms with E-state index in [9.17, 15) is 0 Å². The number of hydrogen-bond donors (Lipinski definition) is 0. The van der Waals surface area contributed by atoms with E-state index >= 15 is 0 Å². The lowest BCUT2D eigenvalue weighted by Crippen LogP contribution is -2.20. The molecule has 1 heteroatoms. The van der Waals surface area contributed by atoms with Crippen LogP contribution in [0.3, 0.4) is 0 Å². The minimum absolute atomic E-state index is 0.896. The molecule has 0 aromatic carbocycles. The Morgan fingerprint density at radius 1 is 0.542 bits per heavy atom. The summed E-state index contributed by atoms with van der Waals surface area (Å²) < 4.78 is 0. The molecule has 0 N–H and O–H groups in total. The van der Waals surface area contributed by atoms with Crippen molar-refractivity contribution in [1.29, 1.82) is 0 Å². The van der Waals surface area contributed by atoms with Crippen LogP contribution in [0.15, 0.2) is 0 Å². The summed E-state index contributed by atoms with van der Waals surface area (Å²) in [4.78, 5) is 2.48. The highest BCUT2D eigenvalue weighted by molar-refractivity contribution is 4.53. The second-order valence-electron chi connectivity index (χ2n) is 8.44. The van der Waals surface area contributed by atoms with E-state index in [0.717, 1.165) is 5.92 Å². The first-order valence-corrected chi connectivity index (χ1v) is 11.3. The van der Waals surface area contributed by atoms with Crippen LogP contribution in [-0.2, 0) is 0 Å². The lowest BCUT2D eigenvalue weighted by molar-refractivity contribution is 0.324. The summed E-state index contributed by atoms with van der Waals surface area (Å²) in [6.07, 6.45) is 23.2. The Labute approximate surface area is 155 Å². The van der Waals surface area contributed by atoms with Gasteiger partial charge >= 0.3 is 0 Å². The number of rotatable bonds is 19. The minimum Gasteiger partial charge on any atom is -0.306 e. The Bertz CT molecular complexity index is 224. The highest BCUT2D eigenvalue weighted by Gasteiger charge is 1.97. The van der Waals surface area contributed by atoms with E-state index in [4.69, 9.17) is 0 Å². The normalized spacial score (nSPS) is 11.8. The maximum atomic E-state index is 2.48. The molecule has 24 heavy (non-hydrogen) atoms. The summed E-state index contributed by atoms with van der Waals surface area (Å²) in [5.41, 5.74) is 0. The zero-order valence-corrected chi connectivity index (χ0v) is 17.8. The molecule has 0 heterocycles. The first kappa shape index (κ1) is 24.0. The third-order valence-electron chi connectivity index (χ3n) is 5.18. The van der Waals surface area contributed by atoms with Gasteiger partial charge in [-0.05, 0) is 38.9 Å². The summed E-state index contributed by atoms with van der Waals surface area (Å²) in [6, 6.07) is 0. The van der Waals surface area contributed by atoms with Crippen molar-refractivity contribution in [3.8, 4) is 0 Å². The molecule has 0 saturated carbocycles. The number of hydrogen-bond acceptors (Lipinski definition) is 1. The fourth-order valence-electron chi connectivity index (χ4n) is 3.55. The molecule has 0 atom stereocenters. The Hall–Kier alpha value is -0.0400. The maximum absolute atomic E-state index is 2.48. The van der Waals surface area contributed by atoms with Gasteiger partial charge in [0.05, 0.1) is 0 Å². The summed E-state index contributed by atoms with van der Waals surface area (Å²) in [6.45, 7) is 9.51. The third kappa shape index (κ3) is 20.0. The van der Waals surface area contributed by atoms with Gasteiger partial charge in [0.1, 0.15) is 0 Å². The van der Waals surface area contributed by atoms with Crippen molar-refractivity contribution in [3.63, 3.8) is 0 Å². The quantitative estimate of drug-likeness (QED) is 0.217. The van der Waals surface area contributed by atoms with Crippen molar-refractivity contribution in [2.24, 2.45) is 5.92 Å². The molecule has 0 radical (unpaired) electrons. The number of unbranched alkanes of at least 4 members (excludes halogenated alkanes) is 13. The molecule has 0 aromatic rings. The van der Waals surface area contributed by atoms with E-state index < -0.39 is 0 Å². The van der Waals surface area contributed by atoms with Gasteiger partial charge in [-0.2, -0.15) is 0 Å². The topological polar surface area (TPSA) is 3.24 Å². The second kappa shape index (κ2) is 19.3. The lowest BCUT2D eigenvalue weighted by atomic mass is 10.0. The van der Waals surface area contributed by atoms with E-state index in [1.807, 2.05) is 0 Å². The second-order valence-corrected chi connectivity index (χ2v) is 8.44. The lowest BCUT2D eigenvalue weighted by Gasteiger charge is -2.14. The Morgan fingerprint density at radius 3 is 1.29 bits per heavy atom. The smallest absolute Gasteiger partial charge is 0.00218 e. The van der Waals surface area contributed by atoms with Gasteiger partial charge in [-0.25, -0.2) is 0 Å². The van der Waals surface area contributed by atoms with Gasteiger partial charge in [0.25, 0.3) is 0 Å². The van der Waals surface area contributed by atoms with Crippen LogP contribution >= 0.6 is 0 Å². The van der Waals surface area contributed by atoms with Gasteiger partial charge in [0.15, 0.2) is 0 Å². The van der Waals surface area contributed by atoms with Crippen LogP contribution in [0.1, 0.15) is 124 Å². The summed E-state index contributed by atoms with van der Waals surface area (Å²) in [5, 5.41) is 0. The fourth-order valence-corrected chi connectivity index (χ4v) is 3.55. The Morgan fingerprint density at radius 2 is 0.917 bits per heavy atom. The van der Waals surface area contributed by atoms with Gasteiger partial charge in [0.2, 0.25) is 0 Å². The molecule has 0 bridgehead atoms. The molecule has 0 spiro atoms. The molecule has 0 rings (SSSR count). The molecule has 0 unspecified atom stereocenters. The first-order chi connectivity index (χ1) is 11.7. The van der Waals surface area contributed by atoms with E-state index in [2.05, 4.69) is 32.7 Å². The molecule has 1 nitrogen and oxygen atoms in total. The minimum atomic E-state index is 0.896. The molecule has 0 aliphatic carbocycles. The van der Waals surface area contributed by atoms with Crippen LogP contribution in [-0.4, -0.2) is 25.0 Å². The van der Waals surface area contributed by atoms with Gasteiger partial charge in [-0.15, -0.1) is 0 Å². The van der Waals surface area contributed by atoms with Crippen molar-refractivity contribution < 1.29 is 0 Å². The largest absolute Gasteiger partial charge is 0.306 e. The predicted octanol–water partition coefficient (Wildman–Crippen LogP) is 7.84. The predicted molar refractivity (Wildman–Crippen MR) is 112 cm³/mol. The van der Waals surface area contributed by atoms with Crippen molar-refractivity contribution in [2.45, 2.75) is 124 Å². The van der Waals surface area contributed by atoms with Crippen molar-refractivity contribution >= 4 is 0 Å². The summed E-state index contributed by atoms with van der Waals surface area (Å²) in [7, 11) is 2.26. The molecular weight excluding hydrogens is 290 g/mol. The van der Waals surface area contributed by atoms with E-state index in [1.54, 1.807) is 0 Å². The van der Waals surface area contributed by atoms with Gasteiger partial charge in [0, 0.05) is 0 Å². The van der Waals surface area contributed by atoms with Crippen molar-refractivity contribution in [1.82, 2.24) is 4.90 Å². The zero-order chi connectivity index (χ0) is 17.9. The monoisotopic (exact) mass is 339 g/mol. The van der Waals surface area contributed by atoms with E-state index in [-0.39, 0.29) is 0 Å². The molecular formula is C23H49N. The molecule has 146 valence electrons. The standard InChI is InChI=1S/C23H49N/c1-5-21-24(4)22-19-17-15-13-11-9-7-6-8-10-12-14-16-18-20-23(2)3/h23H,5-22H2,1-4H3. The molecule has 0 saturated heterocycles. The van der Waals surface area contributed by atoms with Crippen LogP contribution in [0.5, 0.6) is 0 Å². The van der Waals surface area contributed by atoms with Crippen LogP contribution in [0, 0.1) is 5.92 Å². The third-order valence-corrected chi connectivity index (χ3v) is 5.18. The average Bonchev–Trinajstić information content (AvgIpc) is 2.54. The van der Waals surface area contributed by atoms with Crippen molar-refractivity contribution in [3.05, 3.63) is 0 Å². The van der Waals surface area contributed by atoms with Gasteiger partial charge in [-0.3, -0.25) is 0 Å². The molecule has 0 aliphatic heterocycles. The fraction of sp³-hybridized carbons (Fsp3) is 1.00. The van der Waals surface area contributed by atoms with Crippen LogP contribution < -0.4 is 0 Å². The van der Waals surface area contributed by atoms with Crippen LogP contribution in [0.2, 0.25) is 0 Å². The molecule has 0 amide bonds. The zero-order valence-electron chi connectivity index (χ0n) is 17.8. The van der Waals surface area contributed by atoms with E-state index in [1.165, 1.54) is 116 Å². The van der Waals surface area contributed by atoms with Crippen LogP contribution in [0.25, 0.3) is 0 Å². The molecule has 0 aromatic heterocycles.